The van der Waals surface area contributed by atoms with Crippen LogP contribution in [0.2, 0.25) is 0 Å². The topological polar surface area (TPSA) is 214 Å². The smallest absolute Gasteiger partial charge is 0.353 e. The highest BCUT2D eigenvalue weighted by molar-refractivity contribution is 8.00. The number of imidazole rings is 1. The van der Waals surface area contributed by atoms with Crippen LogP contribution in [-0.2, 0) is 25.8 Å². The highest BCUT2D eigenvalue weighted by Crippen LogP contribution is 2.40. The fourth-order valence-corrected chi connectivity index (χ4v) is 6.67. The Labute approximate surface area is 225 Å². The number of fused-ring (bicyclic) bond motifs is 2. The molecule has 5 heterocycles. The number of nitrogens with one attached hydrogen (secondary N) is 1. The van der Waals surface area contributed by atoms with Gasteiger partial charge >= 0.3 is 11.7 Å². The quantitative estimate of drug-likeness (QED) is 0.107. The van der Waals surface area contributed by atoms with Crippen LogP contribution < -0.4 is 26.5 Å². The fourth-order valence-electron chi connectivity index (χ4n) is 4.13. The molecule has 0 spiro atoms. The molecule has 5 N–H and O–H groups in total. The van der Waals surface area contributed by atoms with Gasteiger partial charge in [-0.25, -0.2) is 4.57 Å². The Morgan fingerprint density at radius 3 is 2.84 bits per heavy atom. The lowest BCUT2D eigenvalue weighted by Crippen LogP contribution is -2.71. The molecule has 0 aliphatic carbocycles. The lowest BCUT2D eigenvalue weighted by molar-refractivity contribution is -0.689. The predicted octanol–water partition coefficient (Wildman–Crippen LogP) is -2.33. The standard InChI is InChI=1S/C20H19N9O6S3/c1-2-35-25-10(14-24-20(22)38-26-14)15(31)23-11-17(32)29-12(19(33)34)8(7-37-18(11)29)5-27-6-9-28(3-4-36-9)16(27)13(21)30/h3-4,6,11,18H,2,5,7H2,1H3,(H5-,21,22,23,24,26,30,31,33,34)/b25-10-/t11-,18-/m1/s1. The number of β-lactam (4-membered cyclic amide) rings is 1. The highest BCUT2D eigenvalue weighted by atomic mass is 32.2. The lowest BCUT2D eigenvalue weighted by atomic mass is 10.0. The summed E-state index contributed by atoms with van der Waals surface area (Å²) in [6.07, 6.45) is 3.36. The van der Waals surface area contributed by atoms with Crippen molar-refractivity contribution in [1.29, 1.82) is 0 Å². The van der Waals surface area contributed by atoms with Gasteiger partial charge in [0.2, 0.25) is 16.4 Å². The molecule has 0 aromatic carbocycles. The van der Waals surface area contributed by atoms with E-state index in [0.29, 0.717) is 5.57 Å². The number of nitrogens with zero attached hydrogens (tertiary/aromatic N) is 6. The van der Waals surface area contributed by atoms with Gasteiger partial charge < -0.3 is 31.5 Å². The minimum atomic E-state index is -1.55. The number of primary amides is 1. The molecular formula is C20H19N9O6S3. The van der Waals surface area contributed by atoms with E-state index < -0.39 is 35.1 Å². The van der Waals surface area contributed by atoms with Crippen LogP contribution in [0.15, 0.2) is 34.2 Å². The van der Waals surface area contributed by atoms with Gasteiger partial charge in [0.15, 0.2) is 5.13 Å². The summed E-state index contributed by atoms with van der Waals surface area (Å²) < 4.78 is 7.11. The molecule has 2 atom stereocenters. The van der Waals surface area contributed by atoms with Gasteiger partial charge in [0.25, 0.3) is 11.8 Å². The number of aliphatic carboxylic acids is 1. The van der Waals surface area contributed by atoms with E-state index in [9.17, 15) is 24.3 Å². The monoisotopic (exact) mass is 577 g/mol. The number of carboxylic acid groups (broad SMARTS) is 1. The van der Waals surface area contributed by atoms with E-state index in [1.54, 1.807) is 33.7 Å². The maximum absolute atomic E-state index is 13.1. The predicted molar refractivity (Wildman–Crippen MR) is 134 cm³/mol. The van der Waals surface area contributed by atoms with Crippen LogP contribution in [0.5, 0.6) is 0 Å². The van der Waals surface area contributed by atoms with E-state index in [0.717, 1.165) is 21.3 Å². The van der Waals surface area contributed by atoms with E-state index in [2.05, 4.69) is 19.8 Å². The van der Waals surface area contributed by atoms with Gasteiger partial charge in [0, 0.05) is 28.2 Å². The molecular weight excluding hydrogens is 558 g/mol. The molecule has 3 aromatic heterocycles. The third kappa shape index (κ3) is 4.35. The average Bonchev–Trinajstić information content (AvgIpc) is 3.58. The number of hydrogen-bond donors (Lipinski definition) is 3. The van der Waals surface area contributed by atoms with Crippen LogP contribution in [0.4, 0.5) is 5.13 Å². The zero-order chi connectivity index (χ0) is 27.1. The molecule has 0 unspecified atom stereocenters. The van der Waals surface area contributed by atoms with Gasteiger partial charge in [-0.1, -0.05) is 16.5 Å². The highest BCUT2D eigenvalue weighted by Gasteiger charge is 2.53. The zero-order valence-corrected chi connectivity index (χ0v) is 22.0. The van der Waals surface area contributed by atoms with E-state index >= 15 is 0 Å². The van der Waals surface area contributed by atoms with Gasteiger partial charge in [-0.3, -0.25) is 19.3 Å². The molecule has 1 saturated heterocycles. The molecule has 38 heavy (non-hydrogen) atoms. The number of nitrogens with two attached hydrogens (primary N) is 2. The molecule has 0 bridgehead atoms. The zero-order valence-electron chi connectivity index (χ0n) is 19.5. The van der Waals surface area contributed by atoms with E-state index in [4.69, 9.17) is 16.3 Å². The summed E-state index contributed by atoms with van der Waals surface area (Å²) in [7, 11) is 0. The largest absolute Gasteiger partial charge is 0.543 e. The van der Waals surface area contributed by atoms with E-state index in [1.807, 2.05) is 0 Å². The summed E-state index contributed by atoms with van der Waals surface area (Å²) in [4.78, 5) is 61.0. The summed E-state index contributed by atoms with van der Waals surface area (Å²) in [6.45, 7) is 1.84. The minimum Gasteiger partial charge on any atom is -0.543 e. The normalized spacial score (nSPS) is 19.3. The number of hydrogen-bond acceptors (Lipinski definition) is 13. The first-order valence-electron chi connectivity index (χ1n) is 11.0. The van der Waals surface area contributed by atoms with Crippen LogP contribution in [0.1, 0.15) is 23.4 Å². The Hall–Kier alpha value is -4.03. The first-order valence-corrected chi connectivity index (χ1v) is 13.7. The number of rotatable bonds is 9. The van der Waals surface area contributed by atoms with E-state index in [1.165, 1.54) is 23.1 Å². The maximum Gasteiger partial charge on any atom is 0.353 e. The number of thiazole rings is 1. The number of carbonyl (C=O) groups is 4. The summed E-state index contributed by atoms with van der Waals surface area (Å²) in [5.41, 5.74) is 10.9. The van der Waals surface area contributed by atoms with E-state index in [-0.39, 0.29) is 47.1 Å². The number of thioether (sulfide) groups is 1. The number of amides is 3. The SMILES string of the molecule is CCO/N=C(\C(=O)N[C@@H]1C(=O)N2C(C(=O)[O-])=C(C[n+]3cc4sccn4c3C(N)=O)CS[C@H]12)c1nsc(N)n1. The van der Waals surface area contributed by atoms with Crippen molar-refractivity contribution >= 4 is 74.0 Å². The maximum atomic E-state index is 13.1. The van der Waals surface area contributed by atoms with Crippen molar-refractivity contribution in [2.75, 3.05) is 18.1 Å². The van der Waals surface area contributed by atoms with Gasteiger partial charge in [0.1, 0.15) is 37.0 Å². The number of nitrogen functional groups attached to an aromatic ring is 1. The average molecular weight is 578 g/mol. The number of anilines is 1. The third-order valence-corrected chi connectivity index (χ3v) is 8.35. The number of oxime groups is 1. The van der Waals surface area contributed by atoms with Crippen molar-refractivity contribution in [3.63, 3.8) is 0 Å². The molecule has 1 fully saturated rings. The van der Waals surface area contributed by atoms with Crippen molar-refractivity contribution in [2.45, 2.75) is 24.9 Å². The molecule has 2 aliphatic heterocycles. The lowest BCUT2D eigenvalue weighted by Gasteiger charge is -2.50. The molecule has 0 saturated carbocycles. The van der Waals surface area contributed by atoms with Crippen LogP contribution in [0, 0.1) is 0 Å². The summed E-state index contributed by atoms with van der Waals surface area (Å²) in [5.74, 6) is -3.37. The molecule has 15 nitrogen and oxygen atoms in total. The van der Waals surface area contributed by atoms with Gasteiger partial charge in [-0.2, -0.15) is 13.8 Å². The second kappa shape index (κ2) is 10.0. The number of carboxylic acids is 1. The molecule has 0 radical (unpaired) electrons. The fraction of sp³-hybridized carbons (Fsp3) is 0.300. The Morgan fingerprint density at radius 1 is 1.39 bits per heavy atom. The summed E-state index contributed by atoms with van der Waals surface area (Å²) >= 11 is 3.50. The van der Waals surface area contributed by atoms with Crippen LogP contribution in [-0.4, -0.2) is 71.8 Å². The molecule has 2 aliphatic rings. The molecule has 5 rings (SSSR count). The Kier molecular flexibility index (Phi) is 6.76. The second-order valence-electron chi connectivity index (χ2n) is 7.97. The molecule has 198 valence electrons. The van der Waals surface area contributed by atoms with Crippen LogP contribution in [0.3, 0.4) is 0 Å². The Balaban J connectivity index is 1.39. The first kappa shape index (κ1) is 25.6. The second-order valence-corrected chi connectivity index (χ2v) is 10.8. The van der Waals surface area contributed by atoms with Crippen molar-refractivity contribution in [3.05, 3.63) is 40.7 Å². The van der Waals surface area contributed by atoms with Crippen LogP contribution in [0.25, 0.3) is 4.83 Å². The third-order valence-electron chi connectivity index (χ3n) is 5.66. The van der Waals surface area contributed by atoms with Crippen LogP contribution >= 0.6 is 34.6 Å². The number of carbonyl (C=O) groups excluding carboxylic acids is 4. The van der Waals surface area contributed by atoms with Gasteiger partial charge in [-0.05, 0) is 6.92 Å². The van der Waals surface area contributed by atoms with Crippen molar-refractivity contribution < 1.29 is 33.7 Å². The van der Waals surface area contributed by atoms with Crippen molar-refractivity contribution in [3.8, 4) is 0 Å². The van der Waals surface area contributed by atoms with Crippen molar-refractivity contribution in [2.24, 2.45) is 10.9 Å². The minimum absolute atomic E-state index is 0.00140. The summed E-state index contributed by atoms with van der Waals surface area (Å²) in [6, 6.07) is -1.04. The summed E-state index contributed by atoms with van der Waals surface area (Å²) in [5, 5.41) is 19.7. The Bertz CT molecular complexity index is 1540. The van der Waals surface area contributed by atoms with Gasteiger partial charge in [-0.15, -0.1) is 11.8 Å². The molecule has 18 heteroatoms. The van der Waals surface area contributed by atoms with Crippen molar-refractivity contribution in [1.82, 2.24) is 24.0 Å². The van der Waals surface area contributed by atoms with Gasteiger partial charge in [0.05, 0.1) is 11.7 Å². The molecule has 3 aromatic rings. The first-order chi connectivity index (χ1) is 18.2. The molecule has 3 amide bonds. The Morgan fingerprint density at radius 2 is 2.18 bits per heavy atom. The number of aromatic nitrogens is 4.